The van der Waals surface area contributed by atoms with Crippen molar-refractivity contribution in [2.24, 2.45) is 0 Å². The number of methoxy groups -OCH3 is 2. The van der Waals surface area contributed by atoms with Crippen molar-refractivity contribution in [3.05, 3.63) is 86.8 Å². The summed E-state index contributed by atoms with van der Waals surface area (Å²) in [6.07, 6.45) is 3.04. The molecule has 0 bridgehead atoms. The van der Waals surface area contributed by atoms with E-state index in [1.165, 1.54) is 20.4 Å². The molecular formula is C22H20BBrCl2N4O6. The lowest BCUT2D eigenvalue weighted by Crippen LogP contribution is -2.30. The molecule has 36 heavy (non-hydrogen) atoms. The van der Waals surface area contributed by atoms with E-state index in [2.05, 4.69) is 45.8 Å². The van der Waals surface area contributed by atoms with Crippen molar-refractivity contribution in [1.29, 1.82) is 0 Å². The number of halogens is 3. The van der Waals surface area contributed by atoms with Crippen LogP contribution < -0.4 is 5.46 Å². The lowest BCUT2D eigenvalue weighted by Gasteiger charge is -2.03. The number of rotatable bonds is 4. The van der Waals surface area contributed by atoms with E-state index < -0.39 is 19.1 Å². The molecule has 0 saturated carbocycles. The van der Waals surface area contributed by atoms with Crippen molar-refractivity contribution in [3.63, 3.8) is 0 Å². The molecule has 2 heterocycles. The van der Waals surface area contributed by atoms with E-state index in [0.717, 1.165) is 5.56 Å². The van der Waals surface area contributed by atoms with Crippen LogP contribution in [0.5, 0.6) is 0 Å². The summed E-state index contributed by atoms with van der Waals surface area (Å²) < 4.78 is 9.69. The maximum absolute atomic E-state index is 11.4. The van der Waals surface area contributed by atoms with E-state index in [0.29, 0.717) is 36.9 Å². The van der Waals surface area contributed by atoms with Gasteiger partial charge < -0.3 is 19.5 Å². The van der Waals surface area contributed by atoms with E-state index in [9.17, 15) is 9.59 Å². The number of aromatic nitrogens is 4. The van der Waals surface area contributed by atoms with Gasteiger partial charge in [0.15, 0.2) is 11.4 Å². The molecule has 0 saturated heterocycles. The smallest absolute Gasteiger partial charge is 0.464 e. The average Bonchev–Trinajstić information content (AvgIpc) is 3.53. The molecule has 0 amide bonds. The van der Waals surface area contributed by atoms with Gasteiger partial charge in [-0.05, 0) is 28.1 Å². The number of hydrogen-bond donors (Lipinski definition) is 4. The summed E-state index contributed by atoms with van der Waals surface area (Å²) in [6, 6.07) is 13.8. The molecule has 0 atom stereocenters. The van der Waals surface area contributed by atoms with Crippen LogP contribution in [0.25, 0.3) is 11.1 Å². The Kier molecular flexibility index (Phi) is 11.6. The fourth-order valence-corrected chi connectivity index (χ4v) is 3.45. The Bertz CT molecular complexity index is 1300. The van der Waals surface area contributed by atoms with Crippen molar-refractivity contribution in [2.45, 2.75) is 0 Å². The molecule has 4 aromatic rings. The highest BCUT2D eigenvalue weighted by Crippen LogP contribution is 2.29. The number of ether oxygens (including phenoxy) is 2. The maximum Gasteiger partial charge on any atom is 0.489 e. The highest BCUT2D eigenvalue weighted by molar-refractivity contribution is 9.10. The number of nitrogens with zero attached hydrogens (tertiary/aromatic N) is 2. The van der Waals surface area contributed by atoms with Gasteiger partial charge in [-0.15, -0.1) is 0 Å². The highest BCUT2D eigenvalue weighted by Gasteiger charge is 2.17. The Hall–Kier alpha value is -3.16. The summed E-state index contributed by atoms with van der Waals surface area (Å²) in [4.78, 5) is 22.2. The van der Waals surface area contributed by atoms with Gasteiger partial charge in [-0.3, -0.25) is 10.2 Å². The van der Waals surface area contributed by atoms with Crippen molar-refractivity contribution < 1.29 is 29.1 Å². The van der Waals surface area contributed by atoms with Crippen molar-refractivity contribution in [1.82, 2.24) is 20.4 Å². The summed E-state index contributed by atoms with van der Waals surface area (Å²) in [6.45, 7) is 0. The summed E-state index contributed by atoms with van der Waals surface area (Å²) in [5.41, 5.74) is 2.36. The zero-order chi connectivity index (χ0) is 26.7. The molecule has 0 fully saturated rings. The SMILES string of the molecule is COC(=O)c1[nH]ncc1-c1ccccc1Cl.COC(=O)c1[nH]ncc1Br.OB(O)c1ccccc1Cl. The second-order valence-electron chi connectivity index (χ2n) is 6.61. The van der Waals surface area contributed by atoms with Crippen LogP contribution in [0.3, 0.4) is 0 Å². The highest BCUT2D eigenvalue weighted by atomic mass is 79.9. The topological polar surface area (TPSA) is 150 Å². The Labute approximate surface area is 224 Å². The largest absolute Gasteiger partial charge is 0.489 e. The van der Waals surface area contributed by atoms with Crippen LogP contribution in [-0.2, 0) is 9.47 Å². The van der Waals surface area contributed by atoms with Gasteiger partial charge in [0, 0.05) is 26.6 Å². The lowest BCUT2D eigenvalue weighted by atomic mass is 9.80. The minimum absolute atomic E-state index is 0.301. The molecule has 0 spiro atoms. The molecule has 188 valence electrons. The Morgan fingerprint density at radius 2 is 1.36 bits per heavy atom. The number of hydrogen-bond acceptors (Lipinski definition) is 8. The lowest BCUT2D eigenvalue weighted by molar-refractivity contribution is 0.0585. The summed E-state index contributed by atoms with van der Waals surface area (Å²) in [5, 5.41) is 30.8. The van der Waals surface area contributed by atoms with Gasteiger partial charge in [0.05, 0.1) is 31.1 Å². The second kappa shape index (κ2) is 14.4. The zero-order valence-corrected chi connectivity index (χ0v) is 22.0. The first-order valence-electron chi connectivity index (χ1n) is 9.95. The Balaban J connectivity index is 0.000000200. The Morgan fingerprint density at radius 1 is 0.833 bits per heavy atom. The van der Waals surface area contributed by atoms with Crippen LogP contribution in [0.1, 0.15) is 21.0 Å². The molecule has 0 radical (unpaired) electrons. The normalized spacial score (nSPS) is 9.75. The summed E-state index contributed by atoms with van der Waals surface area (Å²) >= 11 is 14.8. The van der Waals surface area contributed by atoms with E-state index in [1.807, 2.05) is 18.2 Å². The molecule has 10 nitrogen and oxygen atoms in total. The van der Waals surface area contributed by atoms with E-state index in [1.54, 1.807) is 36.5 Å². The molecule has 0 unspecified atom stereocenters. The maximum atomic E-state index is 11.4. The monoisotopic (exact) mass is 596 g/mol. The number of carbonyl (C=O) groups is 2. The van der Waals surface area contributed by atoms with Crippen molar-refractivity contribution in [3.8, 4) is 11.1 Å². The van der Waals surface area contributed by atoms with Gasteiger partial charge in [0.1, 0.15) is 0 Å². The predicted octanol–water partition coefficient (Wildman–Crippen LogP) is 3.50. The minimum Gasteiger partial charge on any atom is -0.464 e. The van der Waals surface area contributed by atoms with E-state index in [4.69, 9.17) is 33.2 Å². The van der Waals surface area contributed by atoms with Crippen LogP contribution in [0.4, 0.5) is 0 Å². The third kappa shape index (κ3) is 7.93. The Morgan fingerprint density at radius 3 is 1.86 bits per heavy atom. The number of aromatic amines is 2. The molecule has 0 aliphatic heterocycles. The minimum atomic E-state index is -1.48. The van der Waals surface area contributed by atoms with Crippen LogP contribution in [0, 0.1) is 0 Å². The van der Waals surface area contributed by atoms with Crippen LogP contribution in [-0.4, -0.2) is 63.7 Å². The first kappa shape index (κ1) is 29.1. The van der Waals surface area contributed by atoms with Crippen molar-refractivity contribution >= 4 is 63.7 Å². The molecule has 2 aromatic heterocycles. The molecule has 0 aliphatic carbocycles. The van der Waals surface area contributed by atoms with Crippen LogP contribution >= 0.6 is 39.1 Å². The van der Waals surface area contributed by atoms with Crippen LogP contribution in [0.15, 0.2) is 65.4 Å². The fraction of sp³-hybridized carbons (Fsp3) is 0.0909. The standard InChI is InChI=1S/C11H9ClN2O2.C6H6BClO2.C5H5BrN2O2/c1-16-11(15)10-8(6-13-14-10)7-4-2-3-5-9(7)12;8-6-4-2-1-3-5(6)7(9)10;1-10-5(9)4-3(6)2-7-8-4/h2-6H,1H3,(H,13,14);1-4,9-10H;2H,1H3,(H,7,8). The third-order valence-corrected chi connectivity index (χ3v) is 5.63. The van der Waals surface area contributed by atoms with Gasteiger partial charge >= 0.3 is 19.1 Å². The van der Waals surface area contributed by atoms with Crippen molar-refractivity contribution in [2.75, 3.05) is 14.2 Å². The number of nitrogens with one attached hydrogen (secondary N) is 2. The predicted molar refractivity (Wildman–Crippen MR) is 139 cm³/mol. The second-order valence-corrected chi connectivity index (χ2v) is 8.28. The fourth-order valence-electron chi connectivity index (χ4n) is 2.63. The molecule has 14 heteroatoms. The molecule has 2 aromatic carbocycles. The summed E-state index contributed by atoms with van der Waals surface area (Å²) in [7, 11) is 1.16. The number of carbonyl (C=O) groups excluding carboxylic acids is 2. The first-order chi connectivity index (χ1) is 17.2. The summed E-state index contributed by atoms with van der Waals surface area (Å²) in [5.74, 6) is -0.892. The third-order valence-electron chi connectivity index (χ3n) is 4.36. The van der Waals surface area contributed by atoms with Crippen LogP contribution in [0.2, 0.25) is 10.0 Å². The molecular weight excluding hydrogens is 578 g/mol. The van der Waals surface area contributed by atoms with Gasteiger partial charge in [-0.2, -0.15) is 10.2 Å². The van der Waals surface area contributed by atoms with E-state index >= 15 is 0 Å². The number of H-pyrrole nitrogens is 2. The van der Waals surface area contributed by atoms with Gasteiger partial charge in [0.2, 0.25) is 0 Å². The zero-order valence-electron chi connectivity index (χ0n) is 18.9. The molecule has 0 aliphatic rings. The molecule has 4 rings (SSSR count). The van der Waals surface area contributed by atoms with Gasteiger partial charge in [0.25, 0.3) is 0 Å². The van der Waals surface area contributed by atoms with Gasteiger partial charge in [-0.1, -0.05) is 59.6 Å². The number of esters is 2. The van der Waals surface area contributed by atoms with Gasteiger partial charge in [-0.25, -0.2) is 9.59 Å². The molecule has 4 N–H and O–H groups in total. The first-order valence-corrected chi connectivity index (χ1v) is 11.5. The average molecular weight is 598 g/mol. The van der Waals surface area contributed by atoms with E-state index in [-0.39, 0.29) is 0 Å². The number of benzene rings is 2. The quantitative estimate of drug-likeness (QED) is 0.206.